The van der Waals surface area contributed by atoms with E-state index in [1.807, 2.05) is 0 Å². The van der Waals surface area contributed by atoms with Gasteiger partial charge in [0.2, 0.25) is 0 Å². The van der Waals surface area contributed by atoms with E-state index in [4.69, 9.17) is 0 Å². The van der Waals surface area contributed by atoms with Gasteiger partial charge in [-0.25, -0.2) is 0 Å². The van der Waals surface area contributed by atoms with Crippen LogP contribution < -0.4 is 0 Å². The standard InChI is InChI=1S/C9H17/c1-2-3-6-9-7-4-5-8-9/h3,9H,2,4-8H2,1H3. The van der Waals surface area contributed by atoms with Crippen molar-refractivity contribution in [1.82, 2.24) is 0 Å². The Morgan fingerprint density at radius 1 is 1.33 bits per heavy atom. The topological polar surface area (TPSA) is 0 Å². The molecule has 0 aliphatic heterocycles. The van der Waals surface area contributed by atoms with Crippen LogP contribution in [-0.4, -0.2) is 0 Å². The third-order valence-electron chi connectivity index (χ3n) is 2.26. The van der Waals surface area contributed by atoms with E-state index in [1.54, 1.807) is 0 Å². The number of hydrogen-bond donors (Lipinski definition) is 0. The minimum absolute atomic E-state index is 1.06. The fourth-order valence-corrected chi connectivity index (χ4v) is 1.65. The Kier molecular flexibility index (Phi) is 3.10. The van der Waals surface area contributed by atoms with Gasteiger partial charge in [0.1, 0.15) is 0 Å². The smallest absolute Gasteiger partial charge is 0.0386 e. The Balaban J connectivity index is 1.98. The maximum absolute atomic E-state index is 2.43. The summed E-state index contributed by atoms with van der Waals surface area (Å²) in [4.78, 5) is 0. The van der Waals surface area contributed by atoms with E-state index in [9.17, 15) is 0 Å². The van der Waals surface area contributed by atoms with Gasteiger partial charge in [0, 0.05) is 0 Å². The highest BCUT2D eigenvalue weighted by atomic mass is 14.2. The molecule has 1 aliphatic carbocycles. The van der Waals surface area contributed by atoms with Gasteiger partial charge < -0.3 is 0 Å². The zero-order valence-corrected chi connectivity index (χ0v) is 6.40. The summed E-state index contributed by atoms with van der Waals surface area (Å²) in [5.41, 5.74) is 0. The maximum Gasteiger partial charge on any atom is -0.0386 e. The third-order valence-corrected chi connectivity index (χ3v) is 2.26. The van der Waals surface area contributed by atoms with Crippen molar-refractivity contribution in [2.75, 3.05) is 0 Å². The lowest BCUT2D eigenvalue weighted by Gasteiger charge is -2.04. The zero-order chi connectivity index (χ0) is 6.53. The van der Waals surface area contributed by atoms with E-state index >= 15 is 0 Å². The van der Waals surface area contributed by atoms with Crippen molar-refractivity contribution in [1.29, 1.82) is 0 Å². The number of hydrogen-bond acceptors (Lipinski definition) is 0. The molecule has 0 heterocycles. The molecule has 1 radical (unpaired) electrons. The Bertz CT molecular complexity index is 60.4. The van der Waals surface area contributed by atoms with Crippen molar-refractivity contribution >= 4 is 0 Å². The first-order valence-electron chi connectivity index (χ1n) is 4.25. The second-order valence-electron chi connectivity index (χ2n) is 3.08. The van der Waals surface area contributed by atoms with Crippen molar-refractivity contribution < 1.29 is 0 Å². The lowest BCUT2D eigenvalue weighted by atomic mass is 10.0. The van der Waals surface area contributed by atoms with Crippen molar-refractivity contribution in [2.24, 2.45) is 5.92 Å². The lowest BCUT2D eigenvalue weighted by Crippen LogP contribution is -1.91. The number of rotatable bonds is 3. The molecule has 1 fully saturated rings. The molecule has 0 amide bonds. The molecule has 0 heteroatoms. The summed E-state index contributed by atoms with van der Waals surface area (Å²) in [6.07, 6.45) is 11.0. The molecule has 0 aromatic heterocycles. The zero-order valence-electron chi connectivity index (χ0n) is 6.40. The molecule has 0 N–H and O–H groups in total. The second-order valence-corrected chi connectivity index (χ2v) is 3.08. The molecule has 0 saturated heterocycles. The van der Waals surface area contributed by atoms with Crippen molar-refractivity contribution in [3.05, 3.63) is 6.42 Å². The molecule has 9 heavy (non-hydrogen) atoms. The first-order chi connectivity index (χ1) is 4.43. The molecule has 0 spiro atoms. The van der Waals surface area contributed by atoms with Crippen LogP contribution in [0.2, 0.25) is 0 Å². The van der Waals surface area contributed by atoms with Crippen LogP contribution in [0.5, 0.6) is 0 Å². The van der Waals surface area contributed by atoms with E-state index in [2.05, 4.69) is 13.3 Å². The van der Waals surface area contributed by atoms with Crippen LogP contribution in [0.15, 0.2) is 0 Å². The van der Waals surface area contributed by atoms with Crippen LogP contribution in [0, 0.1) is 12.3 Å². The monoisotopic (exact) mass is 125 g/mol. The van der Waals surface area contributed by atoms with Crippen molar-refractivity contribution in [3.63, 3.8) is 0 Å². The van der Waals surface area contributed by atoms with E-state index < -0.39 is 0 Å². The Morgan fingerprint density at radius 2 is 2.00 bits per heavy atom. The first-order valence-corrected chi connectivity index (χ1v) is 4.25. The molecule has 0 aromatic rings. The summed E-state index contributed by atoms with van der Waals surface area (Å²) in [6, 6.07) is 0. The maximum atomic E-state index is 2.43. The lowest BCUT2D eigenvalue weighted by molar-refractivity contribution is 0.533. The molecule has 53 valence electrons. The Hall–Kier alpha value is 0. The summed E-state index contributed by atoms with van der Waals surface area (Å²) in [6.45, 7) is 2.23. The molecule has 0 unspecified atom stereocenters. The van der Waals surface area contributed by atoms with Crippen LogP contribution in [0.4, 0.5) is 0 Å². The van der Waals surface area contributed by atoms with Gasteiger partial charge in [-0.2, -0.15) is 0 Å². The van der Waals surface area contributed by atoms with Gasteiger partial charge in [0.05, 0.1) is 0 Å². The third kappa shape index (κ3) is 2.38. The van der Waals surface area contributed by atoms with E-state index in [1.165, 1.54) is 38.5 Å². The molecule has 0 bridgehead atoms. The van der Waals surface area contributed by atoms with Gasteiger partial charge in [0.15, 0.2) is 0 Å². The molecular weight excluding hydrogens is 108 g/mol. The SMILES string of the molecule is CC[CH]CC1CCCC1. The van der Waals surface area contributed by atoms with Crippen LogP contribution in [-0.2, 0) is 0 Å². The highest BCUT2D eigenvalue weighted by molar-refractivity contribution is 4.73. The fourth-order valence-electron chi connectivity index (χ4n) is 1.65. The van der Waals surface area contributed by atoms with Crippen LogP contribution in [0.3, 0.4) is 0 Å². The van der Waals surface area contributed by atoms with Crippen molar-refractivity contribution in [3.8, 4) is 0 Å². The highest BCUT2D eigenvalue weighted by Crippen LogP contribution is 2.28. The molecular formula is C9H17. The largest absolute Gasteiger partial charge is 0.0651 e. The summed E-state index contributed by atoms with van der Waals surface area (Å²) in [7, 11) is 0. The van der Waals surface area contributed by atoms with E-state index in [0.717, 1.165) is 5.92 Å². The van der Waals surface area contributed by atoms with Crippen LogP contribution in [0.25, 0.3) is 0 Å². The van der Waals surface area contributed by atoms with Gasteiger partial charge in [-0.1, -0.05) is 39.0 Å². The quantitative estimate of drug-likeness (QED) is 0.543. The normalized spacial score (nSPS) is 21.0. The molecule has 1 aliphatic rings. The van der Waals surface area contributed by atoms with E-state index in [0.29, 0.717) is 0 Å². The predicted molar refractivity (Wildman–Crippen MR) is 41.2 cm³/mol. The van der Waals surface area contributed by atoms with Gasteiger partial charge in [-0.05, 0) is 18.8 Å². The average Bonchev–Trinajstić information content (AvgIpc) is 2.34. The minimum Gasteiger partial charge on any atom is -0.0651 e. The molecule has 0 nitrogen and oxygen atoms in total. The van der Waals surface area contributed by atoms with Crippen LogP contribution in [0.1, 0.15) is 45.4 Å². The Morgan fingerprint density at radius 3 is 2.56 bits per heavy atom. The van der Waals surface area contributed by atoms with Gasteiger partial charge in [-0.3, -0.25) is 0 Å². The summed E-state index contributed by atoms with van der Waals surface area (Å²) in [5, 5.41) is 0. The fraction of sp³-hybridized carbons (Fsp3) is 0.889. The minimum atomic E-state index is 1.06. The molecule has 1 rings (SSSR count). The van der Waals surface area contributed by atoms with E-state index in [-0.39, 0.29) is 0 Å². The summed E-state index contributed by atoms with van der Waals surface area (Å²) < 4.78 is 0. The molecule has 0 aromatic carbocycles. The van der Waals surface area contributed by atoms with Gasteiger partial charge in [0.25, 0.3) is 0 Å². The van der Waals surface area contributed by atoms with Gasteiger partial charge >= 0.3 is 0 Å². The van der Waals surface area contributed by atoms with Crippen molar-refractivity contribution in [2.45, 2.75) is 45.4 Å². The highest BCUT2D eigenvalue weighted by Gasteiger charge is 2.13. The Labute approximate surface area is 58.7 Å². The molecule has 0 atom stereocenters. The predicted octanol–water partition coefficient (Wildman–Crippen LogP) is 3.18. The molecule has 1 saturated carbocycles. The van der Waals surface area contributed by atoms with Gasteiger partial charge in [-0.15, -0.1) is 0 Å². The summed E-state index contributed by atoms with van der Waals surface area (Å²) in [5.74, 6) is 1.06. The number of unbranched alkanes of at least 4 members (excludes halogenated alkanes) is 1. The average molecular weight is 125 g/mol. The first kappa shape index (κ1) is 7.11. The summed E-state index contributed by atoms with van der Waals surface area (Å²) >= 11 is 0. The van der Waals surface area contributed by atoms with Crippen LogP contribution >= 0.6 is 0 Å². The second kappa shape index (κ2) is 3.92.